The Morgan fingerprint density at radius 2 is 1.58 bits per heavy atom. The van der Waals surface area contributed by atoms with Crippen LogP contribution in [0.5, 0.6) is 0 Å². The smallest absolute Gasteiger partial charge is 0.319 e. The molecule has 0 aliphatic carbocycles. The molecule has 2 aromatic rings. The van der Waals surface area contributed by atoms with Gasteiger partial charge in [-0.05, 0) is 47.7 Å². The number of hydrogen-bond donors (Lipinski definition) is 3. The summed E-state index contributed by atoms with van der Waals surface area (Å²) >= 11 is 0. The Kier molecular flexibility index (Phi) is 6.03. The molecule has 0 bridgehead atoms. The number of benzene rings is 2. The topological polar surface area (TPSA) is 70.2 Å². The first-order valence-electron chi connectivity index (χ1n) is 8.71. The number of anilines is 2. The summed E-state index contributed by atoms with van der Waals surface area (Å²) in [7, 11) is 0. The quantitative estimate of drug-likeness (QED) is 0.737. The van der Waals surface area contributed by atoms with Gasteiger partial charge in [-0.25, -0.2) is 4.79 Å². The third-order valence-corrected chi connectivity index (χ3v) is 4.06. The van der Waals surface area contributed by atoms with Crippen molar-refractivity contribution in [2.24, 2.45) is 0 Å². The maximum absolute atomic E-state index is 12.2. The van der Waals surface area contributed by atoms with E-state index in [4.69, 9.17) is 0 Å². The van der Waals surface area contributed by atoms with Gasteiger partial charge in [0.15, 0.2) is 0 Å². The Balaban J connectivity index is 1.98. The predicted molar refractivity (Wildman–Crippen MR) is 106 cm³/mol. The van der Waals surface area contributed by atoms with Gasteiger partial charge in [-0.1, -0.05) is 45.0 Å². The molecule has 1 atom stereocenters. The molecule has 26 heavy (non-hydrogen) atoms. The summed E-state index contributed by atoms with van der Waals surface area (Å²) < 4.78 is 0. The fraction of sp³-hybridized carbons (Fsp3) is 0.333. The number of amides is 3. The van der Waals surface area contributed by atoms with E-state index in [0.717, 1.165) is 11.3 Å². The second-order valence-corrected chi connectivity index (χ2v) is 7.45. The first kappa shape index (κ1) is 19.5. The van der Waals surface area contributed by atoms with Crippen LogP contribution in [0.15, 0.2) is 48.5 Å². The summed E-state index contributed by atoms with van der Waals surface area (Å²) in [5.41, 5.74) is 3.66. The van der Waals surface area contributed by atoms with Gasteiger partial charge in [0.2, 0.25) is 5.91 Å². The lowest BCUT2D eigenvalue weighted by Crippen LogP contribution is -2.31. The van der Waals surface area contributed by atoms with Crippen LogP contribution in [0.3, 0.4) is 0 Å². The number of urea groups is 1. The molecule has 5 heteroatoms. The van der Waals surface area contributed by atoms with E-state index in [2.05, 4.69) is 36.7 Å². The first-order chi connectivity index (χ1) is 12.1. The van der Waals surface area contributed by atoms with E-state index in [1.165, 1.54) is 12.5 Å². The highest BCUT2D eigenvalue weighted by Gasteiger charge is 2.14. The maximum Gasteiger partial charge on any atom is 0.319 e. The van der Waals surface area contributed by atoms with Crippen LogP contribution in [-0.2, 0) is 10.2 Å². The van der Waals surface area contributed by atoms with Crippen LogP contribution in [0.25, 0.3) is 0 Å². The van der Waals surface area contributed by atoms with E-state index < -0.39 is 0 Å². The molecule has 0 spiro atoms. The second kappa shape index (κ2) is 8.04. The normalized spacial score (nSPS) is 12.2. The largest absolute Gasteiger partial charge is 0.331 e. The molecule has 2 rings (SSSR count). The van der Waals surface area contributed by atoms with Gasteiger partial charge in [0.1, 0.15) is 0 Å². The van der Waals surface area contributed by atoms with E-state index in [1.807, 2.05) is 55.5 Å². The van der Waals surface area contributed by atoms with Crippen LogP contribution in [0.4, 0.5) is 16.2 Å². The van der Waals surface area contributed by atoms with Gasteiger partial charge in [-0.2, -0.15) is 0 Å². The molecule has 0 unspecified atom stereocenters. The summed E-state index contributed by atoms with van der Waals surface area (Å²) in [4.78, 5) is 23.4. The van der Waals surface area contributed by atoms with Gasteiger partial charge in [-0.15, -0.1) is 0 Å². The Morgan fingerprint density at radius 1 is 0.923 bits per heavy atom. The molecule has 0 aromatic heterocycles. The lowest BCUT2D eigenvalue weighted by molar-refractivity contribution is -0.114. The van der Waals surface area contributed by atoms with E-state index >= 15 is 0 Å². The zero-order chi connectivity index (χ0) is 19.3. The third-order valence-electron chi connectivity index (χ3n) is 4.06. The molecule has 0 saturated heterocycles. The zero-order valence-electron chi connectivity index (χ0n) is 16.0. The molecular weight excluding hydrogens is 326 g/mol. The van der Waals surface area contributed by atoms with Crippen molar-refractivity contribution in [3.63, 3.8) is 0 Å². The van der Waals surface area contributed by atoms with Gasteiger partial charge in [0.05, 0.1) is 6.04 Å². The van der Waals surface area contributed by atoms with Crippen LogP contribution in [0, 0.1) is 0 Å². The molecule has 138 valence electrons. The molecular formula is C21H27N3O2. The fourth-order valence-corrected chi connectivity index (χ4v) is 2.59. The molecule has 0 fully saturated rings. The molecule has 0 saturated carbocycles. The second-order valence-electron chi connectivity index (χ2n) is 7.45. The van der Waals surface area contributed by atoms with Gasteiger partial charge < -0.3 is 16.0 Å². The van der Waals surface area contributed by atoms with E-state index in [1.54, 1.807) is 0 Å². The molecule has 0 aliphatic rings. The standard InChI is InChI=1S/C21H27N3O2/c1-14(16-7-6-8-19(13-16)23-15(2)25)22-20(26)24-18-11-9-17(10-12-18)21(3,4)5/h6-14H,1-5H3,(H,23,25)(H2,22,24,26)/t14-/m1/s1. The SMILES string of the molecule is CC(=O)Nc1cccc([C@@H](C)NC(=O)Nc2ccc(C(C)(C)C)cc2)c1. The highest BCUT2D eigenvalue weighted by molar-refractivity contribution is 5.90. The van der Waals surface area contributed by atoms with Crippen molar-refractivity contribution in [2.45, 2.75) is 46.1 Å². The zero-order valence-corrected chi connectivity index (χ0v) is 16.0. The van der Waals surface area contributed by atoms with Crippen molar-refractivity contribution >= 4 is 23.3 Å². The van der Waals surface area contributed by atoms with Gasteiger partial charge in [-0.3, -0.25) is 4.79 Å². The van der Waals surface area contributed by atoms with Crippen LogP contribution in [0.1, 0.15) is 51.8 Å². The monoisotopic (exact) mass is 353 g/mol. The molecule has 5 nitrogen and oxygen atoms in total. The molecule has 0 radical (unpaired) electrons. The Hall–Kier alpha value is -2.82. The molecule has 3 amide bonds. The summed E-state index contributed by atoms with van der Waals surface area (Å²) in [5, 5.41) is 8.50. The minimum atomic E-state index is -0.272. The number of carbonyl (C=O) groups is 2. The Labute approximate surface area is 155 Å². The molecule has 0 heterocycles. The van der Waals surface area contributed by atoms with Gasteiger partial charge in [0.25, 0.3) is 0 Å². The number of nitrogens with one attached hydrogen (secondary N) is 3. The van der Waals surface area contributed by atoms with Crippen molar-refractivity contribution < 1.29 is 9.59 Å². The van der Waals surface area contributed by atoms with Crippen LogP contribution < -0.4 is 16.0 Å². The number of rotatable bonds is 4. The van der Waals surface area contributed by atoms with Crippen molar-refractivity contribution in [1.82, 2.24) is 5.32 Å². The lowest BCUT2D eigenvalue weighted by atomic mass is 9.87. The summed E-state index contributed by atoms with van der Waals surface area (Å²) in [5.74, 6) is -0.126. The minimum Gasteiger partial charge on any atom is -0.331 e. The number of carbonyl (C=O) groups excluding carboxylic acids is 2. The van der Waals surface area contributed by atoms with Crippen molar-refractivity contribution in [1.29, 1.82) is 0 Å². The minimum absolute atomic E-state index is 0.0776. The van der Waals surface area contributed by atoms with Crippen LogP contribution in [-0.4, -0.2) is 11.9 Å². The highest BCUT2D eigenvalue weighted by Crippen LogP contribution is 2.23. The van der Waals surface area contributed by atoms with Crippen LogP contribution in [0.2, 0.25) is 0 Å². The fourth-order valence-electron chi connectivity index (χ4n) is 2.59. The summed E-state index contributed by atoms with van der Waals surface area (Å²) in [6.07, 6.45) is 0. The lowest BCUT2D eigenvalue weighted by Gasteiger charge is -2.19. The van der Waals surface area contributed by atoms with E-state index in [-0.39, 0.29) is 23.4 Å². The summed E-state index contributed by atoms with van der Waals surface area (Å²) in [6.45, 7) is 9.82. The van der Waals surface area contributed by atoms with E-state index in [0.29, 0.717) is 5.69 Å². The van der Waals surface area contributed by atoms with E-state index in [9.17, 15) is 9.59 Å². The van der Waals surface area contributed by atoms with Crippen LogP contribution >= 0.6 is 0 Å². The van der Waals surface area contributed by atoms with Crippen molar-refractivity contribution in [3.05, 3.63) is 59.7 Å². The Bertz CT molecular complexity index is 777. The molecule has 2 aromatic carbocycles. The maximum atomic E-state index is 12.2. The average molecular weight is 353 g/mol. The first-order valence-corrected chi connectivity index (χ1v) is 8.71. The average Bonchev–Trinajstić information content (AvgIpc) is 2.54. The van der Waals surface area contributed by atoms with Crippen molar-refractivity contribution in [3.8, 4) is 0 Å². The summed E-state index contributed by atoms with van der Waals surface area (Å²) in [6, 6.07) is 14.8. The van der Waals surface area contributed by atoms with Gasteiger partial charge >= 0.3 is 6.03 Å². The predicted octanol–water partition coefficient (Wildman–Crippen LogP) is 4.83. The molecule has 0 aliphatic heterocycles. The third kappa shape index (κ3) is 5.62. The van der Waals surface area contributed by atoms with Crippen molar-refractivity contribution in [2.75, 3.05) is 10.6 Å². The Morgan fingerprint density at radius 3 is 2.15 bits per heavy atom. The number of hydrogen-bond acceptors (Lipinski definition) is 2. The van der Waals surface area contributed by atoms with Gasteiger partial charge in [0, 0.05) is 18.3 Å². The molecule has 3 N–H and O–H groups in total. The highest BCUT2D eigenvalue weighted by atomic mass is 16.2.